The van der Waals surface area contributed by atoms with E-state index < -0.39 is 34.9 Å². The third-order valence-electron chi connectivity index (χ3n) is 7.19. The molecule has 11 heteroatoms. The lowest BCUT2D eigenvalue weighted by molar-refractivity contribution is -0.384. The smallest absolute Gasteiger partial charge is 0.269 e. The van der Waals surface area contributed by atoms with Crippen LogP contribution in [-0.2, 0) is 9.59 Å². The van der Waals surface area contributed by atoms with Gasteiger partial charge in [0.05, 0.1) is 28.7 Å². The highest BCUT2D eigenvalue weighted by Crippen LogP contribution is 2.36. The Balaban J connectivity index is 1.42. The number of hydrazine groups is 1. The Morgan fingerprint density at radius 1 is 1.03 bits per heavy atom. The molecule has 0 aliphatic carbocycles. The number of carbonyl (C=O) groups excluding carboxylic acids is 2. The topological polar surface area (TPSA) is 131 Å². The molecule has 3 N–H and O–H groups in total. The molecular weight excluding hydrogens is 476 g/mol. The van der Waals surface area contributed by atoms with Gasteiger partial charge < -0.3 is 20.7 Å². The Labute approximate surface area is 214 Å². The number of imide groups is 1. The van der Waals surface area contributed by atoms with Crippen LogP contribution in [0.3, 0.4) is 0 Å². The highest BCUT2D eigenvalue weighted by Gasteiger charge is 2.53. The van der Waals surface area contributed by atoms with Gasteiger partial charge in [-0.25, -0.2) is 9.91 Å². The van der Waals surface area contributed by atoms with Crippen molar-refractivity contribution in [1.29, 1.82) is 0 Å². The number of non-ortho nitro benzene ring substituents is 1. The summed E-state index contributed by atoms with van der Waals surface area (Å²) in [5.41, 5.74) is 5.13. The van der Waals surface area contributed by atoms with Crippen LogP contribution in [0.2, 0.25) is 0 Å². The molecule has 0 bridgehead atoms. The minimum Gasteiger partial charge on any atom is -0.391 e. The Kier molecular flexibility index (Phi) is 6.92. The minimum absolute atomic E-state index is 0.0605. The van der Waals surface area contributed by atoms with E-state index in [4.69, 9.17) is 0 Å². The molecule has 5 rings (SSSR count). The second kappa shape index (κ2) is 10.3. The summed E-state index contributed by atoms with van der Waals surface area (Å²) in [5.74, 6) is -1.45. The van der Waals surface area contributed by atoms with Gasteiger partial charge in [0.1, 0.15) is 6.04 Å². The number of piperazine rings is 1. The van der Waals surface area contributed by atoms with Crippen molar-refractivity contribution in [1.82, 2.24) is 10.3 Å². The van der Waals surface area contributed by atoms with Crippen LogP contribution < -0.4 is 20.5 Å². The van der Waals surface area contributed by atoms with Crippen LogP contribution >= 0.6 is 0 Å². The van der Waals surface area contributed by atoms with E-state index in [1.807, 2.05) is 19.1 Å². The molecule has 0 radical (unpaired) electrons. The zero-order valence-electron chi connectivity index (χ0n) is 20.5. The highest BCUT2D eigenvalue weighted by molar-refractivity contribution is 6.24. The van der Waals surface area contributed by atoms with Gasteiger partial charge in [-0.05, 0) is 42.8 Å². The van der Waals surface area contributed by atoms with Gasteiger partial charge in [-0.3, -0.25) is 19.7 Å². The predicted molar refractivity (Wildman–Crippen MR) is 139 cm³/mol. The Hall–Kier alpha value is -3.80. The van der Waals surface area contributed by atoms with E-state index in [1.165, 1.54) is 29.2 Å². The van der Waals surface area contributed by atoms with E-state index in [0.29, 0.717) is 17.8 Å². The standard InChI is InChI=1S/C26H30N6O5/c1-2-23(33)22-12-11-21-24(31(22)28-17-3-5-20(6-4-17)32(36)37)26(35)30(25(21)34)19-9-7-18(8-10-19)29-15-13-27-14-16-29/h3-12,21-24,27-28,33H,2,13-16H2,1H3/t21-,22-,23-,24+/m1/s1. The minimum atomic E-state index is -0.883. The van der Waals surface area contributed by atoms with Gasteiger partial charge >= 0.3 is 0 Å². The van der Waals surface area contributed by atoms with Crippen molar-refractivity contribution < 1.29 is 19.6 Å². The van der Waals surface area contributed by atoms with Crippen molar-refractivity contribution in [2.75, 3.05) is 41.4 Å². The first-order chi connectivity index (χ1) is 17.9. The van der Waals surface area contributed by atoms with Crippen LogP contribution in [0.4, 0.5) is 22.7 Å². The largest absolute Gasteiger partial charge is 0.391 e. The zero-order chi connectivity index (χ0) is 26.1. The van der Waals surface area contributed by atoms with E-state index in [0.717, 1.165) is 31.9 Å². The Morgan fingerprint density at radius 3 is 2.30 bits per heavy atom. The number of nitrogens with one attached hydrogen (secondary N) is 2. The number of hydrogen-bond acceptors (Lipinski definition) is 9. The van der Waals surface area contributed by atoms with E-state index in [9.17, 15) is 24.8 Å². The summed E-state index contributed by atoms with van der Waals surface area (Å²) in [5, 5.41) is 26.7. The van der Waals surface area contributed by atoms with Crippen LogP contribution in [0.15, 0.2) is 60.7 Å². The summed E-state index contributed by atoms with van der Waals surface area (Å²) in [6, 6.07) is 11.8. The SMILES string of the molecule is CC[C@@H](O)[C@H]1C=C[C@H]2C(=O)N(c3ccc(N4CCNCC4)cc3)C(=O)[C@H]2N1Nc1ccc([N+](=O)[O-])cc1. The van der Waals surface area contributed by atoms with Crippen LogP contribution in [-0.4, -0.2) is 71.2 Å². The highest BCUT2D eigenvalue weighted by atomic mass is 16.6. The molecule has 3 aliphatic heterocycles. The van der Waals surface area contributed by atoms with Gasteiger partial charge in [0.2, 0.25) is 5.91 Å². The monoisotopic (exact) mass is 506 g/mol. The lowest BCUT2D eigenvalue weighted by Crippen LogP contribution is -2.57. The summed E-state index contributed by atoms with van der Waals surface area (Å²) in [4.78, 5) is 41.2. The van der Waals surface area contributed by atoms with E-state index >= 15 is 0 Å². The molecule has 194 valence electrons. The molecule has 2 aromatic rings. The molecule has 0 spiro atoms. The van der Waals surface area contributed by atoms with E-state index in [-0.39, 0.29) is 11.6 Å². The molecule has 0 aromatic heterocycles. The van der Waals surface area contributed by atoms with E-state index in [2.05, 4.69) is 15.6 Å². The maximum absolute atomic E-state index is 13.7. The number of carbonyl (C=O) groups is 2. The molecule has 2 aromatic carbocycles. The van der Waals surface area contributed by atoms with Crippen molar-refractivity contribution in [3.63, 3.8) is 0 Å². The third kappa shape index (κ3) is 4.68. The van der Waals surface area contributed by atoms with Crippen LogP contribution in [0.1, 0.15) is 13.3 Å². The molecule has 0 unspecified atom stereocenters. The second-order valence-corrected chi connectivity index (χ2v) is 9.41. The Morgan fingerprint density at radius 2 is 1.68 bits per heavy atom. The molecule has 4 atom stereocenters. The lowest BCUT2D eigenvalue weighted by atomic mass is 9.92. The Bertz CT molecular complexity index is 1190. The quantitative estimate of drug-likeness (QED) is 0.223. The van der Waals surface area contributed by atoms with Crippen molar-refractivity contribution in [3.8, 4) is 0 Å². The molecule has 3 heterocycles. The van der Waals surface area contributed by atoms with Gasteiger partial charge in [0.25, 0.3) is 11.6 Å². The number of benzene rings is 2. The summed E-state index contributed by atoms with van der Waals surface area (Å²) < 4.78 is 0. The molecule has 2 saturated heterocycles. The fourth-order valence-electron chi connectivity index (χ4n) is 5.17. The number of aliphatic hydroxyl groups is 1. The normalized spacial score (nSPS) is 24.8. The number of anilines is 3. The van der Waals surface area contributed by atoms with Crippen LogP contribution in [0, 0.1) is 16.0 Å². The number of amides is 2. The first-order valence-electron chi connectivity index (χ1n) is 12.5. The van der Waals surface area contributed by atoms with Crippen molar-refractivity contribution in [2.45, 2.75) is 31.5 Å². The van der Waals surface area contributed by atoms with Crippen molar-refractivity contribution >= 4 is 34.6 Å². The molecule has 2 amide bonds. The second-order valence-electron chi connectivity index (χ2n) is 9.41. The summed E-state index contributed by atoms with van der Waals surface area (Å²) in [7, 11) is 0. The maximum Gasteiger partial charge on any atom is 0.269 e. The van der Waals surface area contributed by atoms with Crippen LogP contribution in [0.5, 0.6) is 0 Å². The maximum atomic E-state index is 13.7. The number of aliphatic hydroxyl groups excluding tert-OH is 1. The number of hydrogen-bond donors (Lipinski definition) is 3. The number of nitrogens with zero attached hydrogens (tertiary/aromatic N) is 4. The molecule has 2 fully saturated rings. The average Bonchev–Trinajstić information content (AvgIpc) is 3.19. The zero-order valence-corrected chi connectivity index (χ0v) is 20.5. The lowest BCUT2D eigenvalue weighted by Gasteiger charge is -2.40. The molecule has 0 saturated carbocycles. The summed E-state index contributed by atoms with van der Waals surface area (Å²) in [6.07, 6.45) is 3.09. The first-order valence-corrected chi connectivity index (χ1v) is 12.5. The predicted octanol–water partition coefficient (Wildman–Crippen LogP) is 1.90. The van der Waals surface area contributed by atoms with Crippen molar-refractivity contribution in [3.05, 3.63) is 70.8 Å². The fraction of sp³-hybridized carbons (Fsp3) is 0.385. The molecule has 37 heavy (non-hydrogen) atoms. The van der Waals surface area contributed by atoms with Gasteiger partial charge in [0, 0.05) is 49.7 Å². The average molecular weight is 507 g/mol. The van der Waals surface area contributed by atoms with Crippen LogP contribution in [0.25, 0.3) is 0 Å². The number of nitro groups is 1. The number of nitro benzene ring substituents is 1. The summed E-state index contributed by atoms with van der Waals surface area (Å²) in [6.45, 7) is 5.43. The third-order valence-corrected chi connectivity index (χ3v) is 7.19. The van der Waals surface area contributed by atoms with Gasteiger partial charge in [-0.1, -0.05) is 19.1 Å². The van der Waals surface area contributed by atoms with E-state index in [1.54, 1.807) is 29.3 Å². The fourth-order valence-corrected chi connectivity index (χ4v) is 5.17. The number of fused-ring (bicyclic) bond motifs is 1. The molecule has 11 nitrogen and oxygen atoms in total. The molecular formula is C26H30N6O5. The van der Waals surface area contributed by atoms with Crippen molar-refractivity contribution in [2.24, 2.45) is 5.92 Å². The summed E-state index contributed by atoms with van der Waals surface area (Å²) >= 11 is 0. The number of rotatable bonds is 7. The van der Waals surface area contributed by atoms with Gasteiger partial charge in [0.15, 0.2) is 0 Å². The van der Waals surface area contributed by atoms with Gasteiger partial charge in [-0.2, -0.15) is 0 Å². The molecule has 3 aliphatic rings. The van der Waals surface area contributed by atoms with Gasteiger partial charge in [-0.15, -0.1) is 0 Å². The first kappa shape index (κ1) is 24.9.